The highest BCUT2D eigenvalue weighted by atomic mass is 32.1. The third-order valence-electron chi connectivity index (χ3n) is 3.88. The second-order valence-electron chi connectivity index (χ2n) is 6.11. The molecule has 3 aromatic heterocycles. The molecule has 0 aliphatic carbocycles. The molecule has 0 radical (unpaired) electrons. The lowest BCUT2D eigenvalue weighted by Crippen LogP contribution is -2.36. The summed E-state index contributed by atoms with van der Waals surface area (Å²) in [6, 6.07) is 9.95. The standard InChI is InChI=1S/C18H22N4OS/c1-14-7-8-15(24-14)13-21(11-10-20(2)3)18(23)16-12-19-17-6-4-5-9-22(16)17/h4-9,12H,10-11,13H2,1-3H3. The van der Waals surface area contributed by atoms with E-state index >= 15 is 0 Å². The molecule has 0 bridgehead atoms. The third kappa shape index (κ3) is 3.66. The number of carbonyl (C=O) groups is 1. The molecule has 0 aliphatic rings. The Balaban J connectivity index is 1.87. The number of aromatic nitrogens is 2. The largest absolute Gasteiger partial charge is 0.331 e. The molecule has 0 saturated heterocycles. The second-order valence-corrected chi connectivity index (χ2v) is 7.49. The van der Waals surface area contributed by atoms with E-state index in [9.17, 15) is 4.79 Å². The molecule has 1 amide bonds. The lowest BCUT2D eigenvalue weighted by Gasteiger charge is -2.23. The van der Waals surface area contributed by atoms with Crippen LogP contribution in [0.3, 0.4) is 0 Å². The lowest BCUT2D eigenvalue weighted by molar-refractivity contribution is 0.0726. The maximum absolute atomic E-state index is 13.1. The maximum atomic E-state index is 13.1. The Hall–Kier alpha value is -2.18. The topological polar surface area (TPSA) is 40.8 Å². The number of pyridine rings is 1. The predicted octanol–water partition coefficient (Wildman–Crippen LogP) is 2.91. The Labute approximate surface area is 146 Å². The van der Waals surface area contributed by atoms with Crippen molar-refractivity contribution in [1.82, 2.24) is 19.2 Å². The van der Waals surface area contributed by atoms with Crippen molar-refractivity contribution < 1.29 is 4.79 Å². The zero-order valence-corrected chi connectivity index (χ0v) is 15.1. The number of thiophene rings is 1. The summed E-state index contributed by atoms with van der Waals surface area (Å²) in [6.07, 6.45) is 3.55. The van der Waals surface area contributed by atoms with Crippen LogP contribution < -0.4 is 0 Å². The fourth-order valence-electron chi connectivity index (χ4n) is 2.58. The fourth-order valence-corrected chi connectivity index (χ4v) is 3.49. The average Bonchev–Trinajstić information content (AvgIpc) is 3.16. The fraction of sp³-hybridized carbons (Fsp3) is 0.333. The van der Waals surface area contributed by atoms with E-state index in [0.717, 1.165) is 12.2 Å². The molecule has 6 heteroatoms. The van der Waals surface area contributed by atoms with E-state index in [0.29, 0.717) is 18.8 Å². The molecule has 3 aromatic rings. The van der Waals surface area contributed by atoms with Gasteiger partial charge in [-0.1, -0.05) is 6.07 Å². The summed E-state index contributed by atoms with van der Waals surface area (Å²) in [6.45, 7) is 4.23. The van der Waals surface area contributed by atoms with Crippen LogP contribution in [0.25, 0.3) is 5.65 Å². The smallest absolute Gasteiger partial charge is 0.272 e. The number of likely N-dealkylation sites (N-methyl/N-ethyl adjacent to an activating group) is 1. The number of fused-ring (bicyclic) bond motifs is 1. The number of amides is 1. The highest BCUT2D eigenvalue weighted by Gasteiger charge is 2.20. The van der Waals surface area contributed by atoms with Gasteiger partial charge in [-0.25, -0.2) is 4.98 Å². The van der Waals surface area contributed by atoms with E-state index in [-0.39, 0.29) is 5.91 Å². The van der Waals surface area contributed by atoms with Gasteiger partial charge >= 0.3 is 0 Å². The molecule has 3 heterocycles. The molecule has 126 valence electrons. The third-order valence-corrected chi connectivity index (χ3v) is 4.87. The van der Waals surface area contributed by atoms with E-state index < -0.39 is 0 Å². The van der Waals surface area contributed by atoms with Crippen molar-refractivity contribution in [3.63, 3.8) is 0 Å². The summed E-state index contributed by atoms with van der Waals surface area (Å²) in [5, 5.41) is 0. The minimum atomic E-state index is 0.0154. The monoisotopic (exact) mass is 342 g/mol. The number of rotatable bonds is 6. The van der Waals surface area contributed by atoms with Crippen molar-refractivity contribution >= 4 is 22.9 Å². The van der Waals surface area contributed by atoms with Gasteiger partial charge in [0.1, 0.15) is 11.3 Å². The van der Waals surface area contributed by atoms with Gasteiger partial charge in [0.25, 0.3) is 5.91 Å². The first-order valence-corrected chi connectivity index (χ1v) is 8.77. The number of carbonyl (C=O) groups excluding carboxylic acids is 1. The van der Waals surface area contributed by atoms with Crippen LogP contribution in [0, 0.1) is 6.92 Å². The molecule has 0 spiro atoms. The number of aryl methyl sites for hydroxylation is 1. The zero-order valence-electron chi connectivity index (χ0n) is 14.3. The van der Waals surface area contributed by atoms with E-state index in [4.69, 9.17) is 0 Å². The van der Waals surface area contributed by atoms with Crippen molar-refractivity contribution in [2.45, 2.75) is 13.5 Å². The van der Waals surface area contributed by atoms with Gasteiger partial charge in [-0.15, -0.1) is 11.3 Å². The summed E-state index contributed by atoms with van der Waals surface area (Å²) in [5.41, 5.74) is 1.40. The molecule has 24 heavy (non-hydrogen) atoms. The first kappa shape index (κ1) is 16.7. The molecule has 0 N–H and O–H groups in total. The zero-order chi connectivity index (χ0) is 17.1. The van der Waals surface area contributed by atoms with Gasteiger partial charge in [-0.05, 0) is 45.3 Å². The molecular formula is C18H22N4OS. The highest BCUT2D eigenvalue weighted by Crippen LogP contribution is 2.19. The minimum absolute atomic E-state index is 0.0154. The quantitative estimate of drug-likeness (QED) is 0.692. The first-order chi connectivity index (χ1) is 11.5. The molecule has 0 unspecified atom stereocenters. The molecule has 5 nitrogen and oxygen atoms in total. The van der Waals surface area contributed by atoms with Gasteiger partial charge in [0.2, 0.25) is 0 Å². The van der Waals surface area contributed by atoms with Gasteiger partial charge in [-0.3, -0.25) is 9.20 Å². The number of nitrogens with zero attached hydrogens (tertiary/aromatic N) is 4. The summed E-state index contributed by atoms with van der Waals surface area (Å²) in [7, 11) is 4.04. The van der Waals surface area contributed by atoms with Crippen LogP contribution in [0.2, 0.25) is 0 Å². The minimum Gasteiger partial charge on any atom is -0.331 e. The van der Waals surface area contributed by atoms with Crippen molar-refractivity contribution in [2.75, 3.05) is 27.2 Å². The molecule has 0 atom stereocenters. The molecule has 0 aliphatic heterocycles. The Morgan fingerprint density at radius 1 is 1.21 bits per heavy atom. The summed E-state index contributed by atoms with van der Waals surface area (Å²) >= 11 is 1.74. The van der Waals surface area contributed by atoms with Gasteiger partial charge in [0.15, 0.2) is 0 Å². The molecule has 3 rings (SSSR count). The van der Waals surface area contributed by atoms with Crippen LogP contribution in [0.15, 0.2) is 42.7 Å². The van der Waals surface area contributed by atoms with Gasteiger partial charge < -0.3 is 9.80 Å². The van der Waals surface area contributed by atoms with E-state index in [1.807, 2.05) is 47.8 Å². The van der Waals surface area contributed by atoms with Crippen molar-refractivity contribution in [3.8, 4) is 0 Å². The van der Waals surface area contributed by atoms with E-state index in [2.05, 4.69) is 28.9 Å². The molecule has 0 aromatic carbocycles. The van der Waals surface area contributed by atoms with Crippen molar-refractivity contribution in [2.24, 2.45) is 0 Å². The Morgan fingerprint density at radius 3 is 2.75 bits per heavy atom. The van der Waals surface area contributed by atoms with Crippen molar-refractivity contribution in [3.05, 3.63) is 58.2 Å². The van der Waals surface area contributed by atoms with Gasteiger partial charge in [0, 0.05) is 29.0 Å². The second kappa shape index (κ2) is 7.15. The van der Waals surface area contributed by atoms with Crippen LogP contribution in [0.4, 0.5) is 0 Å². The van der Waals surface area contributed by atoms with Crippen LogP contribution >= 0.6 is 11.3 Å². The van der Waals surface area contributed by atoms with E-state index in [1.165, 1.54) is 9.75 Å². The van der Waals surface area contributed by atoms with E-state index in [1.54, 1.807) is 17.5 Å². The Bertz CT molecular complexity index is 836. The van der Waals surface area contributed by atoms with Crippen LogP contribution in [-0.4, -0.2) is 52.3 Å². The van der Waals surface area contributed by atoms with Crippen LogP contribution in [0.1, 0.15) is 20.2 Å². The average molecular weight is 342 g/mol. The Kier molecular flexibility index (Phi) is 4.97. The maximum Gasteiger partial charge on any atom is 0.272 e. The number of hydrogen-bond donors (Lipinski definition) is 0. The summed E-state index contributed by atoms with van der Waals surface area (Å²) < 4.78 is 1.85. The van der Waals surface area contributed by atoms with Crippen LogP contribution in [0.5, 0.6) is 0 Å². The number of hydrogen-bond acceptors (Lipinski definition) is 4. The molecular weight excluding hydrogens is 320 g/mol. The summed E-state index contributed by atoms with van der Waals surface area (Å²) in [5.74, 6) is 0.0154. The first-order valence-electron chi connectivity index (χ1n) is 7.96. The molecule has 0 saturated carbocycles. The van der Waals surface area contributed by atoms with Gasteiger partial charge in [-0.2, -0.15) is 0 Å². The number of imidazole rings is 1. The Morgan fingerprint density at radius 2 is 2.04 bits per heavy atom. The lowest BCUT2D eigenvalue weighted by atomic mass is 10.3. The predicted molar refractivity (Wildman–Crippen MR) is 97.5 cm³/mol. The normalized spacial score (nSPS) is 11.3. The van der Waals surface area contributed by atoms with Gasteiger partial charge in [0.05, 0.1) is 12.7 Å². The van der Waals surface area contributed by atoms with Crippen molar-refractivity contribution in [1.29, 1.82) is 0 Å². The molecule has 0 fully saturated rings. The van der Waals surface area contributed by atoms with Crippen LogP contribution in [-0.2, 0) is 6.54 Å². The SMILES string of the molecule is Cc1ccc(CN(CCN(C)C)C(=O)c2cnc3ccccn23)s1. The summed E-state index contributed by atoms with van der Waals surface area (Å²) in [4.78, 5) is 23.9. The highest BCUT2D eigenvalue weighted by molar-refractivity contribution is 7.11.